The molecule has 0 bridgehead atoms. The zero-order chi connectivity index (χ0) is 11.2. The molecule has 0 aliphatic heterocycles. The van der Waals surface area contributed by atoms with Crippen LogP contribution in [0.5, 0.6) is 0 Å². The molecule has 2 aromatic heterocycles. The summed E-state index contributed by atoms with van der Waals surface area (Å²) in [6.45, 7) is 0. The zero-order valence-electron chi connectivity index (χ0n) is 8.67. The number of rotatable bonds is 2. The van der Waals surface area contributed by atoms with Gasteiger partial charge in [-0.2, -0.15) is 0 Å². The molecule has 2 heterocycles. The predicted molar refractivity (Wildman–Crippen MR) is 65.3 cm³/mol. The molecule has 2 aromatic rings. The van der Waals surface area contributed by atoms with E-state index in [0.717, 1.165) is 16.8 Å². The maximum absolute atomic E-state index is 5.25. The molecule has 0 saturated heterocycles. The molecule has 0 spiro atoms. The molecule has 0 aliphatic carbocycles. The minimum atomic E-state index is 0.790. The van der Waals surface area contributed by atoms with Crippen LogP contribution in [0, 0.1) is 12.3 Å². The SMILES string of the molecule is C#Cc1ccc(/C=C/c2cccnc2)nc1. The van der Waals surface area contributed by atoms with Gasteiger partial charge in [-0.15, -0.1) is 6.42 Å². The number of aromatic nitrogens is 2. The summed E-state index contributed by atoms with van der Waals surface area (Å²) in [4.78, 5) is 8.24. The van der Waals surface area contributed by atoms with Crippen molar-refractivity contribution in [3.05, 3.63) is 59.7 Å². The van der Waals surface area contributed by atoms with Crippen molar-refractivity contribution in [2.45, 2.75) is 0 Å². The fourth-order valence-electron chi connectivity index (χ4n) is 1.25. The molecule has 2 nitrogen and oxygen atoms in total. The van der Waals surface area contributed by atoms with E-state index in [0.29, 0.717) is 0 Å². The Morgan fingerprint density at radius 1 is 1.12 bits per heavy atom. The zero-order valence-corrected chi connectivity index (χ0v) is 8.67. The molecule has 0 fully saturated rings. The first-order valence-corrected chi connectivity index (χ1v) is 4.89. The average molecular weight is 206 g/mol. The monoisotopic (exact) mass is 206 g/mol. The molecule has 0 atom stereocenters. The van der Waals surface area contributed by atoms with Crippen molar-refractivity contribution in [2.24, 2.45) is 0 Å². The maximum atomic E-state index is 5.25. The predicted octanol–water partition coefficient (Wildman–Crippen LogP) is 2.63. The van der Waals surface area contributed by atoms with Gasteiger partial charge in [-0.25, -0.2) is 0 Å². The first-order valence-electron chi connectivity index (χ1n) is 4.89. The van der Waals surface area contributed by atoms with Crippen LogP contribution in [-0.4, -0.2) is 9.97 Å². The lowest BCUT2D eigenvalue weighted by atomic mass is 10.2. The molecule has 2 rings (SSSR count). The Bertz CT molecular complexity index is 519. The van der Waals surface area contributed by atoms with Gasteiger partial charge in [0, 0.05) is 24.2 Å². The third-order valence-corrected chi connectivity index (χ3v) is 2.08. The van der Waals surface area contributed by atoms with Crippen LogP contribution < -0.4 is 0 Å². The lowest BCUT2D eigenvalue weighted by molar-refractivity contribution is 1.28. The Kier molecular flexibility index (Phi) is 3.10. The molecule has 0 amide bonds. The van der Waals surface area contributed by atoms with Crippen molar-refractivity contribution in [3.8, 4) is 12.3 Å². The number of pyridine rings is 2. The molecule has 76 valence electrons. The number of nitrogens with zero attached hydrogens (tertiary/aromatic N) is 2. The molecular weight excluding hydrogens is 196 g/mol. The molecule has 2 heteroatoms. The summed E-state index contributed by atoms with van der Waals surface area (Å²) < 4.78 is 0. The van der Waals surface area contributed by atoms with Crippen molar-refractivity contribution in [1.82, 2.24) is 9.97 Å². The first-order chi connectivity index (χ1) is 7.88. The van der Waals surface area contributed by atoms with Crippen LogP contribution in [0.4, 0.5) is 0 Å². The van der Waals surface area contributed by atoms with Crippen molar-refractivity contribution in [3.63, 3.8) is 0 Å². The van der Waals surface area contributed by atoms with Crippen molar-refractivity contribution in [2.75, 3.05) is 0 Å². The molecular formula is C14H10N2. The third kappa shape index (κ3) is 2.55. The standard InChI is InChI=1S/C14H10N2/c1-2-12-5-7-14(16-11-12)8-6-13-4-3-9-15-10-13/h1,3-11H/b8-6+. The van der Waals surface area contributed by atoms with Crippen LogP contribution in [0.1, 0.15) is 16.8 Å². The van der Waals surface area contributed by atoms with Crippen LogP contribution in [0.3, 0.4) is 0 Å². The highest BCUT2D eigenvalue weighted by Gasteiger charge is 1.90. The van der Waals surface area contributed by atoms with E-state index in [9.17, 15) is 0 Å². The topological polar surface area (TPSA) is 25.8 Å². The van der Waals surface area contributed by atoms with Crippen LogP contribution in [-0.2, 0) is 0 Å². The summed E-state index contributed by atoms with van der Waals surface area (Å²) >= 11 is 0. The highest BCUT2D eigenvalue weighted by atomic mass is 14.7. The van der Waals surface area contributed by atoms with Gasteiger partial charge in [-0.3, -0.25) is 9.97 Å². The fraction of sp³-hybridized carbons (Fsp3) is 0. The maximum Gasteiger partial charge on any atom is 0.0630 e. The highest BCUT2D eigenvalue weighted by molar-refractivity contribution is 5.67. The molecule has 0 aromatic carbocycles. The van der Waals surface area contributed by atoms with Gasteiger partial charge in [0.1, 0.15) is 0 Å². The minimum absolute atomic E-state index is 0.790. The minimum Gasteiger partial charge on any atom is -0.264 e. The number of hydrogen-bond acceptors (Lipinski definition) is 2. The van der Waals surface area contributed by atoms with E-state index in [-0.39, 0.29) is 0 Å². The van der Waals surface area contributed by atoms with Crippen LogP contribution in [0.2, 0.25) is 0 Å². The second-order valence-corrected chi connectivity index (χ2v) is 3.24. The van der Waals surface area contributed by atoms with E-state index in [1.54, 1.807) is 18.6 Å². The van der Waals surface area contributed by atoms with E-state index in [1.807, 2.05) is 36.4 Å². The van der Waals surface area contributed by atoms with E-state index < -0.39 is 0 Å². The smallest absolute Gasteiger partial charge is 0.0630 e. The Balaban J connectivity index is 2.15. The quantitative estimate of drug-likeness (QED) is 0.706. The molecule has 0 unspecified atom stereocenters. The van der Waals surface area contributed by atoms with Gasteiger partial charge >= 0.3 is 0 Å². The molecule has 0 aliphatic rings. The van der Waals surface area contributed by atoms with E-state index in [4.69, 9.17) is 6.42 Å². The second kappa shape index (κ2) is 4.90. The Hall–Kier alpha value is -2.40. The van der Waals surface area contributed by atoms with Crippen LogP contribution in [0.25, 0.3) is 12.2 Å². The molecule has 16 heavy (non-hydrogen) atoms. The van der Waals surface area contributed by atoms with Gasteiger partial charge in [0.15, 0.2) is 0 Å². The van der Waals surface area contributed by atoms with Gasteiger partial charge in [0.05, 0.1) is 5.69 Å². The van der Waals surface area contributed by atoms with Crippen molar-refractivity contribution >= 4 is 12.2 Å². The van der Waals surface area contributed by atoms with Crippen molar-refractivity contribution in [1.29, 1.82) is 0 Å². The highest BCUT2D eigenvalue weighted by Crippen LogP contribution is 2.05. The lowest BCUT2D eigenvalue weighted by Gasteiger charge is -1.93. The third-order valence-electron chi connectivity index (χ3n) is 2.08. The van der Waals surface area contributed by atoms with Crippen LogP contribution in [0.15, 0.2) is 42.9 Å². The lowest BCUT2D eigenvalue weighted by Crippen LogP contribution is -1.81. The van der Waals surface area contributed by atoms with Gasteiger partial charge in [0.2, 0.25) is 0 Å². The van der Waals surface area contributed by atoms with E-state index in [2.05, 4.69) is 15.9 Å². The van der Waals surface area contributed by atoms with Crippen LogP contribution >= 0.6 is 0 Å². The van der Waals surface area contributed by atoms with Gasteiger partial charge in [-0.1, -0.05) is 18.1 Å². The Labute approximate surface area is 94.7 Å². The average Bonchev–Trinajstić information content (AvgIpc) is 2.38. The summed E-state index contributed by atoms with van der Waals surface area (Å²) in [5, 5.41) is 0. The molecule has 0 N–H and O–H groups in total. The Morgan fingerprint density at radius 3 is 2.69 bits per heavy atom. The number of hydrogen-bond donors (Lipinski definition) is 0. The summed E-state index contributed by atoms with van der Waals surface area (Å²) in [7, 11) is 0. The first kappa shape index (κ1) is 10.1. The molecule has 0 saturated carbocycles. The van der Waals surface area contributed by atoms with Crippen molar-refractivity contribution < 1.29 is 0 Å². The summed E-state index contributed by atoms with van der Waals surface area (Å²) in [5.74, 6) is 2.53. The van der Waals surface area contributed by atoms with Gasteiger partial charge < -0.3 is 0 Å². The summed E-state index contributed by atoms with van der Waals surface area (Å²) in [6.07, 6.45) is 14.4. The van der Waals surface area contributed by atoms with E-state index in [1.165, 1.54) is 0 Å². The van der Waals surface area contributed by atoms with Gasteiger partial charge in [-0.05, 0) is 29.8 Å². The fourth-order valence-corrected chi connectivity index (χ4v) is 1.25. The van der Waals surface area contributed by atoms with Gasteiger partial charge in [0.25, 0.3) is 0 Å². The second-order valence-electron chi connectivity index (χ2n) is 3.24. The summed E-state index contributed by atoms with van der Waals surface area (Å²) in [6, 6.07) is 7.64. The van der Waals surface area contributed by atoms with E-state index >= 15 is 0 Å². The molecule has 0 radical (unpaired) electrons. The Morgan fingerprint density at radius 2 is 2.06 bits per heavy atom. The summed E-state index contributed by atoms with van der Waals surface area (Å²) in [5.41, 5.74) is 2.71. The number of terminal acetylenes is 1. The normalized spacial score (nSPS) is 10.2. The largest absolute Gasteiger partial charge is 0.264 e.